The Balaban J connectivity index is 2.06. The summed E-state index contributed by atoms with van der Waals surface area (Å²) in [5.41, 5.74) is 6.46. The number of sulfonamides is 1. The summed E-state index contributed by atoms with van der Waals surface area (Å²) < 4.78 is 25.4. The van der Waals surface area contributed by atoms with Crippen LogP contribution in [0.15, 0.2) is 29.2 Å². The number of anilines is 1. The largest absolute Gasteiger partial charge is 0.327 e. The molecule has 110 valence electrons. The third kappa shape index (κ3) is 3.17. The maximum Gasteiger partial charge on any atom is 0.240 e. The number of carbonyl (C=O) groups excluding carboxylic acids is 1. The Kier molecular flexibility index (Phi) is 4.42. The fourth-order valence-electron chi connectivity index (χ4n) is 2.38. The van der Waals surface area contributed by atoms with Crippen LogP contribution in [0.2, 0.25) is 0 Å². The van der Waals surface area contributed by atoms with E-state index in [2.05, 4.69) is 10.0 Å². The SMILES string of the molecule is CNS(=O)(=O)c1ccc(NC(=O)C2CCCC2N)cc1. The molecule has 0 bridgehead atoms. The summed E-state index contributed by atoms with van der Waals surface area (Å²) in [6.07, 6.45) is 2.65. The molecule has 4 N–H and O–H groups in total. The summed E-state index contributed by atoms with van der Waals surface area (Å²) in [4.78, 5) is 12.2. The number of amides is 1. The standard InChI is InChI=1S/C13H19N3O3S/c1-15-20(18,19)10-7-5-9(6-8-10)16-13(17)11-3-2-4-12(11)14/h5-8,11-12,15H,2-4,14H2,1H3,(H,16,17). The third-order valence-electron chi connectivity index (χ3n) is 3.61. The Morgan fingerprint density at radius 1 is 1.25 bits per heavy atom. The van der Waals surface area contributed by atoms with Gasteiger partial charge >= 0.3 is 0 Å². The maximum absolute atomic E-state index is 12.0. The highest BCUT2D eigenvalue weighted by molar-refractivity contribution is 7.89. The third-order valence-corrected chi connectivity index (χ3v) is 5.04. The summed E-state index contributed by atoms with van der Waals surface area (Å²) in [6.45, 7) is 0. The van der Waals surface area contributed by atoms with Crippen LogP contribution in [-0.4, -0.2) is 27.4 Å². The predicted molar refractivity (Wildman–Crippen MR) is 76.6 cm³/mol. The molecule has 1 saturated carbocycles. The summed E-state index contributed by atoms with van der Waals surface area (Å²) in [5, 5.41) is 2.78. The quantitative estimate of drug-likeness (QED) is 0.760. The molecule has 6 nitrogen and oxygen atoms in total. The second-order valence-electron chi connectivity index (χ2n) is 4.92. The smallest absolute Gasteiger partial charge is 0.240 e. The van der Waals surface area contributed by atoms with Crippen molar-refractivity contribution in [2.75, 3.05) is 12.4 Å². The highest BCUT2D eigenvalue weighted by atomic mass is 32.2. The minimum absolute atomic E-state index is 0.0843. The van der Waals surface area contributed by atoms with Gasteiger partial charge in [0.05, 0.1) is 10.8 Å². The van der Waals surface area contributed by atoms with Crippen LogP contribution >= 0.6 is 0 Å². The summed E-state index contributed by atoms with van der Waals surface area (Å²) in [7, 11) is -2.10. The molecule has 1 aromatic rings. The Morgan fingerprint density at radius 2 is 1.90 bits per heavy atom. The average Bonchev–Trinajstić information content (AvgIpc) is 2.85. The van der Waals surface area contributed by atoms with E-state index in [0.717, 1.165) is 19.3 Å². The van der Waals surface area contributed by atoms with Crippen molar-refractivity contribution in [3.05, 3.63) is 24.3 Å². The monoisotopic (exact) mass is 297 g/mol. The van der Waals surface area contributed by atoms with Crippen LogP contribution in [0.3, 0.4) is 0 Å². The first kappa shape index (κ1) is 15.0. The van der Waals surface area contributed by atoms with Gasteiger partial charge in [-0.3, -0.25) is 4.79 Å². The van der Waals surface area contributed by atoms with Crippen molar-refractivity contribution in [3.8, 4) is 0 Å². The van der Waals surface area contributed by atoms with Crippen LogP contribution in [0.4, 0.5) is 5.69 Å². The van der Waals surface area contributed by atoms with E-state index in [1.807, 2.05) is 0 Å². The van der Waals surface area contributed by atoms with Gasteiger partial charge in [-0.25, -0.2) is 13.1 Å². The number of benzene rings is 1. The van der Waals surface area contributed by atoms with E-state index in [-0.39, 0.29) is 22.8 Å². The molecule has 1 aliphatic carbocycles. The van der Waals surface area contributed by atoms with Gasteiger partial charge in [0.25, 0.3) is 0 Å². The molecule has 1 fully saturated rings. The molecule has 0 heterocycles. The molecule has 1 amide bonds. The maximum atomic E-state index is 12.0. The van der Waals surface area contributed by atoms with Crippen molar-refractivity contribution in [1.29, 1.82) is 0 Å². The van der Waals surface area contributed by atoms with Crippen LogP contribution in [0.1, 0.15) is 19.3 Å². The van der Waals surface area contributed by atoms with Crippen molar-refractivity contribution in [2.45, 2.75) is 30.2 Å². The lowest BCUT2D eigenvalue weighted by molar-refractivity contribution is -0.120. The zero-order valence-electron chi connectivity index (χ0n) is 11.3. The average molecular weight is 297 g/mol. The molecule has 0 aliphatic heterocycles. The molecule has 1 aliphatic rings. The molecule has 0 radical (unpaired) electrons. The molecule has 2 atom stereocenters. The lowest BCUT2D eigenvalue weighted by Gasteiger charge is -2.15. The number of nitrogens with two attached hydrogens (primary N) is 1. The van der Waals surface area contributed by atoms with E-state index in [1.165, 1.54) is 19.2 Å². The fourth-order valence-corrected chi connectivity index (χ4v) is 3.11. The predicted octanol–water partition coefficient (Wildman–Crippen LogP) is 0.661. The molecule has 20 heavy (non-hydrogen) atoms. The van der Waals surface area contributed by atoms with Crippen molar-refractivity contribution >= 4 is 21.6 Å². The lowest BCUT2D eigenvalue weighted by atomic mass is 10.0. The van der Waals surface area contributed by atoms with E-state index in [1.54, 1.807) is 12.1 Å². The minimum atomic E-state index is -3.45. The number of rotatable bonds is 4. The molecule has 7 heteroatoms. The lowest BCUT2D eigenvalue weighted by Crippen LogP contribution is -2.34. The number of hydrogen-bond donors (Lipinski definition) is 3. The van der Waals surface area contributed by atoms with Gasteiger partial charge < -0.3 is 11.1 Å². The van der Waals surface area contributed by atoms with Gasteiger partial charge in [0.1, 0.15) is 0 Å². The number of nitrogens with one attached hydrogen (secondary N) is 2. The normalized spacial score (nSPS) is 22.7. The Morgan fingerprint density at radius 3 is 2.40 bits per heavy atom. The topological polar surface area (TPSA) is 101 Å². The second-order valence-corrected chi connectivity index (χ2v) is 6.81. The highest BCUT2D eigenvalue weighted by Gasteiger charge is 2.30. The molecule has 1 aromatic carbocycles. The molecule has 0 spiro atoms. The second kappa shape index (κ2) is 5.90. The van der Waals surface area contributed by atoms with Gasteiger partial charge in [0, 0.05) is 11.7 Å². The van der Waals surface area contributed by atoms with E-state index in [9.17, 15) is 13.2 Å². The van der Waals surface area contributed by atoms with Crippen molar-refractivity contribution in [1.82, 2.24) is 4.72 Å². The number of carbonyl (C=O) groups is 1. The summed E-state index contributed by atoms with van der Waals surface area (Å²) in [6, 6.07) is 5.97. The molecule has 0 aromatic heterocycles. The van der Waals surface area contributed by atoms with E-state index in [0.29, 0.717) is 5.69 Å². The van der Waals surface area contributed by atoms with Gasteiger partial charge in [0.2, 0.25) is 15.9 Å². The summed E-state index contributed by atoms with van der Waals surface area (Å²) >= 11 is 0. The Hall–Kier alpha value is -1.44. The molecular formula is C13H19N3O3S. The van der Waals surface area contributed by atoms with Crippen LogP contribution in [0.25, 0.3) is 0 Å². The highest BCUT2D eigenvalue weighted by Crippen LogP contribution is 2.25. The zero-order valence-corrected chi connectivity index (χ0v) is 12.1. The van der Waals surface area contributed by atoms with Gasteiger partial charge in [0.15, 0.2) is 0 Å². The van der Waals surface area contributed by atoms with Gasteiger partial charge in [-0.2, -0.15) is 0 Å². The van der Waals surface area contributed by atoms with Crippen LogP contribution < -0.4 is 15.8 Å². The van der Waals surface area contributed by atoms with Gasteiger partial charge in [-0.15, -0.1) is 0 Å². The van der Waals surface area contributed by atoms with Crippen molar-refractivity contribution in [2.24, 2.45) is 11.7 Å². The van der Waals surface area contributed by atoms with Crippen molar-refractivity contribution in [3.63, 3.8) is 0 Å². The van der Waals surface area contributed by atoms with Crippen LogP contribution in [0.5, 0.6) is 0 Å². The molecular weight excluding hydrogens is 278 g/mol. The van der Waals surface area contributed by atoms with E-state index in [4.69, 9.17) is 5.73 Å². The van der Waals surface area contributed by atoms with E-state index < -0.39 is 10.0 Å². The van der Waals surface area contributed by atoms with E-state index >= 15 is 0 Å². The molecule has 2 rings (SSSR count). The fraction of sp³-hybridized carbons (Fsp3) is 0.462. The Labute approximate surface area is 118 Å². The summed E-state index contributed by atoms with van der Waals surface area (Å²) in [5.74, 6) is -0.255. The van der Waals surface area contributed by atoms with Gasteiger partial charge in [-0.05, 0) is 44.2 Å². The minimum Gasteiger partial charge on any atom is -0.327 e. The zero-order chi connectivity index (χ0) is 14.8. The first-order chi connectivity index (χ1) is 9.44. The van der Waals surface area contributed by atoms with Crippen LogP contribution in [-0.2, 0) is 14.8 Å². The molecule has 0 saturated heterocycles. The van der Waals surface area contributed by atoms with Gasteiger partial charge in [-0.1, -0.05) is 6.42 Å². The number of hydrogen-bond acceptors (Lipinski definition) is 4. The Bertz CT molecular complexity index is 583. The molecule has 2 unspecified atom stereocenters. The first-order valence-corrected chi connectivity index (χ1v) is 8.02. The first-order valence-electron chi connectivity index (χ1n) is 6.54. The van der Waals surface area contributed by atoms with Crippen LogP contribution in [0, 0.1) is 5.92 Å². The van der Waals surface area contributed by atoms with Crippen molar-refractivity contribution < 1.29 is 13.2 Å².